The van der Waals surface area contributed by atoms with E-state index in [2.05, 4.69) is 20.6 Å². The number of carbonyl (C=O) groups is 1. The van der Waals surface area contributed by atoms with Crippen molar-refractivity contribution >= 4 is 17.2 Å². The Morgan fingerprint density at radius 2 is 1.91 bits per heavy atom. The Morgan fingerprint density at radius 1 is 1.09 bits per heavy atom. The lowest BCUT2D eigenvalue weighted by atomic mass is 10.2. The topological polar surface area (TPSA) is 114 Å². The van der Waals surface area contributed by atoms with Crippen LogP contribution in [-0.2, 0) is 22.6 Å². The van der Waals surface area contributed by atoms with E-state index in [-0.39, 0.29) is 12.3 Å². The summed E-state index contributed by atoms with van der Waals surface area (Å²) < 4.78 is 25.8. The summed E-state index contributed by atoms with van der Waals surface area (Å²) in [4.78, 5) is 17.3. The Kier molecular flexibility index (Phi) is 7.91. The van der Waals surface area contributed by atoms with Crippen molar-refractivity contribution in [2.75, 3.05) is 25.6 Å². The van der Waals surface area contributed by atoms with Crippen molar-refractivity contribution in [1.82, 2.24) is 24.4 Å². The zero-order valence-corrected chi connectivity index (χ0v) is 19.9. The number of anilines is 1. The molecule has 4 aromatic rings. The highest BCUT2D eigenvalue weighted by atomic mass is 16.7. The lowest BCUT2D eigenvalue weighted by Gasteiger charge is -2.16. The maximum absolute atomic E-state index is 12.7. The molecule has 4 rings (SSSR count). The number of hydrogen-bond acceptors (Lipinski definition) is 8. The second kappa shape index (κ2) is 11.4. The molecule has 11 heteroatoms. The van der Waals surface area contributed by atoms with Gasteiger partial charge in [0.05, 0.1) is 25.5 Å². The van der Waals surface area contributed by atoms with E-state index in [4.69, 9.17) is 18.9 Å². The molecule has 0 radical (unpaired) electrons. The van der Waals surface area contributed by atoms with Gasteiger partial charge in [-0.05, 0) is 38.1 Å². The third-order valence-corrected chi connectivity index (χ3v) is 5.02. The molecule has 3 heterocycles. The lowest BCUT2D eigenvalue weighted by Crippen LogP contribution is -2.24. The number of pyridine rings is 1. The van der Waals surface area contributed by atoms with Crippen LogP contribution >= 0.6 is 0 Å². The van der Waals surface area contributed by atoms with Gasteiger partial charge in [-0.15, -0.1) is 5.10 Å². The fourth-order valence-electron chi connectivity index (χ4n) is 3.44. The highest BCUT2D eigenvalue weighted by Gasteiger charge is 2.16. The van der Waals surface area contributed by atoms with Crippen molar-refractivity contribution in [3.05, 3.63) is 66.4 Å². The molecule has 0 fully saturated rings. The molecule has 3 aromatic heterocycles. The van der Waals surface area contributed by atoms with E-state index in [0.29, 0.717) is 36.9 Å². The van der Waals surface area contributed by atoms with Crippen LogP contribution in [0.5, 0.6) is 11.5 Å². The van der Waals surface area contributed by atoms with Crippen LogP contribution in [0.2, 0.25) is 0 Å². The van der Waals surface area contributed by atoms with Gasteiger partial charge in [-0.25, -0.2) is 9.67 Å². The normalized spacial score (nSPS) is 11.2. The van der Waals surface area contributed by atoms with Crippen LogP contribution in [0.15, 0.2) is 55.0 Å². The number of carbonyl (C=O) groups excluding carboxylic acids is 1. The fraction of sp³-hybridized carbons (Fsp3) is 0.333. The van der Waals surface area contributed by atoms with Crippen molar-refractivity contribution < 1.29 is 23.7 Å². The van der Waals surface area contributed by atoms with Gasteiger partial charge < -0.3 is 28.7 Å². The Hall–Kier alpha value is -3.96. The number of hydrogen-bond donors (Lipinski definition) is 1. The Morgan fingerprint density at radius 3 is 2.66 bits per heavy atom. The second-order valence-electron chi connectivity index (χ2n) is 7.47. The van der Waals surface area contributed by atoms with E-state index >= 15 is 0 Å². The van der Waals surface area contributed by atoms with Crippen LogP contribution < -0.4 is 14.8 Å². The summed E-state index contributed by atoms with van der Waals surface area (Å²) in [5.74, 6) is 0.606. The number of imidazole rings is 1. The first-order chi connectivity index (χ1) is 17.1. The predicted molar refractivity (Wildman–Crippen MR) is 128 cm³/mol. The van der Waals surface area contributed by atoms with Gasteiger partial charge in [0.15, 0.2) is 23.5 Å². The number of ether oxygens (including phenoxy) is 4. The minimum atomic E-state index is -0.461. The first-order valence-corrected chi connectivity index (χ1v) is 11.3. The number of benzene rings is 1. The van der Waals surface area contributed by atoms with E-state index < -0.39 is 12.2 Å². The first kappa shape index (κ1) is 24.2. The van der Waals surface area contributed by atoms with Crippen LogP contribution in [0.1, 0.15) is 30.0 Å². The molecule has 1 aromatic carbocycles. The third-order valence-electron chi connectivity index (χ3n) is 5.02. The van der Waals surface area contributed by atoms with Gasteiger partial charge in [-0.3, -0.25) is 4.79 Å². The van der Waals surface area contributed by atoms with Crippen LogP contribution in [-0.4, -0.2) is 56.9 Å². The minimum Gasteiger partial charge on any atom is -0.493 e. The van der Waals surface area contributed by atoms with Crippen molar-refractivity contribution in [3.8, 4) is 11.5 Å². The van der Waals surface area contributed by atoms with Gasteiger partial charge in [-0.2, -0.15) is 0 Å². The highest BCUT2D eigenvalue weighted by Crippen LogP contribution is 2.31. The van der Waals surface area contributed by atoms with Crippen LogP contribution in [0.3, 0.4) is 0 Å². The predicted octanol–water partition coefficient (Wildman–Crippen LogP) is 3.16. The number of amides is 1. The maximum atomic E-state index is 12.7. The minimum absolute atomic E-state index is 0.166. The quantitative estimate of drug-likeness (QED) is 0.308. The van der Waals surface area contributed by atoms with Crippen molar-refractivity contribution in [3.63, 3.8) is 0 Å². The molecule has 1 amide bonds. The number of nitrogens with one attached hydrogen (secondary N) is 1. The van der Waals surface area contributed by atoms with E-state index in [0.717, 1.165) is 11.3 Å². The Labute approximate surface area is 202 Å². The summed E-state index contributed by atoms with van der Waals surface area (Å²) in [7, 11) is 1.56. The molecule has 0 aliphatic rings. The molecule has 0 spiro atoms. The van der Waals surface area contributed by atoms with E-state index in [9.17, 15) is 4.79 Å². The average Bonchev–Trinajstić information content (AvgIpc) is 3.50. The smallest absolute Gasteiger partial charge is 0.277 e. The standard InChI is InChI=1S/C24H28N6O5/c1-4-33-23(34-5-2)15-30-14-19(27-28-30)24(31)26-17-9-10-20(32-3)21(12-17)35-16-18-13-29-11-7-6-8-22(29)25-18/h6-14,23H,4-5,15-16H2,1-3H3,(H,26,31). The summed E-state index contributed by atoms with van der Waals surface area (Å²) in [5, 5.41) is 10.8. The summed E-state index contributed by atoms with van der Waals surface area (Å²) in [5.41, 5.74) is 2.29. The number of fused-ring (bicyclic) bond motifs is 1. The molecule has 1 N–H and O–H groups in total. The van der Waals surface area contributed by atoms with Crippen molar-refractivity contribution in [2.45, 2.75) is 33.3 Å². The third kappa shape index (κ3) is 6.14. The zero-order chi connectivity index (χ0) is 24.6. The number of nitrogens with zero attached hydrogens (tertiary/aromatic N) is 5. The summed E-state index contributed by atoms with van der Waals surface area (Å²) in [6.45, 7) is 5.35. The molecule has 184 valence electrons. The largest absolute Gasteiger partial charge is 0.493 e. The van der Waals surface area contributed by atoms with Crippen LogP contribution in [0.25, 0.3) is 5.65 Å². The second-order valence-corrected chi connectivity index (χ2v) is 7.47. The molecule has 0 aliphatic carbocycles. The molecule has 0 saturated carbocycles. The van der Waals surface area contributed by atoms with Gasteiger partial charge in [0, 0.05) is 37.4 Å². The van der Waals surface area contributed by atoms with E-state index in [1.54, 1.807) is 31.5 Å². The molecular formula is C24H28N6O5. The first-order valence-electron chi connectivity index (χ1n) is 11.3. The van der Waals surface area contributed by atoms with Gasteiger partial charge in [0.1, 0.15) is 12.3 Å². The molecule has 0 saturated heterocycles. The van der Waals surface area contributed by atoms with Gasteiger partial charge in [0.25, 0.3) is 5.91 Å². The summed E-state index contributed by atoms with van der Waals surface area (Å²) in [6.07, 6.45) is 4.91. The summed E-state index contributed by atoms with van der Waals surface area (Å²) >= 11 is 0. The molecular weight excluding hydrogens is 452 g/mol. The fourth-order valence-corrected chi connectivity index (χ4v) is 3.44. The SMILES string of the molecule is CCOC(Cn1cc(C(=O)Nc2ccc(OC)c(OCc3cn4ccccc4n3)c2)nn1)OCC. The van der Waals surface area contributed by atoms with Gasteiger partial charge in [-0.1, -0.05) is 11.3 Å². The van der Waals surface area contributed by atoms with Crippen LogP contribution in [0, 0.1) is 0 Å². The zero-order valence-electron chi connectivity index (χ0n) is 19.9. The number of methoxy groups -OCH3 is 1. The van der Waals surface area contributed by atoms with Crippen molar-refractivity contribution in [1.29, 1.82) is 0 Å². The monoisotopic (exact) mass is 480 g/mol. The van der Waals surface area contributed by atoms with Crippen molar-refractivity contribution in [2.24, 2.45) is 0 Å². The van der Waals surface area contributed by atoms with Gasteiger partial charge >= 0.3 is 0 Å². The van der Waals surface area contributed by atoms with Crippen LogP contribution in [0.4, 0.5) is 5.69 Å². The molecule has 0 bridgehead atoms. The lowest BCUT2D eigenvalue weighted by molar-refractivity contribution is -0.145. The number of aromatic nitrogens is 5. The Bertz CT molecular complexity index is 1230. The molecule has 0 aliphatic heterocycles. The highest BCUT2D eigenvalue weighted by molar-refractivity contribution is 6.02. The molecule has 0 unspecified atom stereocenters. The summed E-state index contributed by atoms with van der Waals surface area (Å²) in [6, 6.07) is 10.9. The molecule has 0 atom stereocenters. The van der Waals surface area contributed by atoms with E-state index in [1.807, 2.05) is 48.8 Å². The average molecular weight is 481 g/mol. The van der Waals surface area contributed by atoms with Gasteiger partial charge in [0.2, 0.25) is 0 Å². The van der Waals surface area contributed by atoms with E-state index in [1.165, 1.54) is 4.68 Å². The Balaban J connectivity index is 1.41. The number of rotatable bonds is 12. The molecule has 35 heavy (non-hydrogen) atoms. The molecule has 11 nitrogen and oxygen atoms in total. The maximum Gasteiger partial charge on any atom is 0.277 e.